The predicted octanol–water partition coefficient (Wildman–Crippen LogP) is 6.63. The highest BCUT2D eigenvalue weighted by Crippen LogP contribution is 2.34. The lowest BCUT2D eigenvalue weighted by Gasteiger charge is -2.13. The van der Waals surface area contributed by atoms with Gasteiger partial charge in [0.1, 0.15) is 0 Å². The Morgan fingerprint density at radius 1 is 0.958 bits per heavy atom. The lowest BCUT2D eigenvalue weighted by Crippen LogP contribution is -2.20. The lowest BCUT2D eigenvalue weighted by atomic mass is 10.2. The number of carbonyl (C=O) groups excluding carboxylic acids is 2. The quantitative estimate of drug-likeness (QED) is 0.0916. The molecule has 0 fully saturated rings. The van der Waals surface area contributed by atoms with E-state index in [1.54, 1.807) is 56.4 Å². The van der Waals surface area contributed by atoms with Gasteiger partial charge < -0.3 is 26.0 Å². The molecule has 48 heavy (non-hydrogen) atoms. The monoisotopic (exact) mass is 660 g/mol. The van der Waals surface area contributed by atoms with Crippen LogP contribution in [0.3, 0.4) is 0 Å². The number of hydrogen-bond acceptors (Lipinski definition) is 8. The van der Waals surface area contributed by atoms with Gasteiger partial charge in [0.15, 0.2) is 17.3 Å². The molecule has 5 aromatic rings. The number of likely N-dealkylation sites (N-methyl/N-ethyl adjacent to an activating group) is 1. The van der Waals surface area contributed by atoms with Crippen LogP contribution in [-0.2, 0) is 11.0 Å². The van der Waals surface area contributed by atoms with Gasteiger partial charge in [0.2, 0.25) is 17.7 Å². The molecule has 0 unspecified atom stereocenters. The number of hydrogen-bond donors (Lipinski definition) is 4. The van der Waals surface area contributed by atoms with Gasteiger partial charge in [-0.25, -0.2) is 14.1 Å². The molecule has 4 N–H and O–H groups in total. The largest absolute Gasteiger partial charge is 0.436 e. The third-order valence-electron chi connectivity index (χ3n) is 6.57. The molecule has 0 atom stereocenters. The summed E-state index contributed by atoms with van der Waals surface area (Å²) in [4.78, 5) is 33.3. The van der Waals surface area contributed by atoms with Crippen LogP contribution in [0.25, 0.3) is 5.69 Å². The molecule has 0 radical (unpaired) electrons. The molecule has 0 aliphatic carbocycles. The molecule has 3 aromatic carbocycles. The second kappa shape index (κ2) is 14.6. The number of halogens is 4. The number of aromatic nitrogens is 4. The van der Waals surface area contributed by atoms with E-state index >= 15 is 4.39 Å². The van der Waals surface area contributed by atoms with E-state index in [-0.39, 0.29) is 34.9 Å². The predicted molar refractivity (Wildman–Crippen MR) is 171 cm³/mol. The first-order valence-electron chi connectivity index (χ1n) is 14.3. The SMILES string of the molecule is CNC/C=C/C(=O)Nc1cccc(Nc2nccc(Oc3ccc(NC(=O)c4cnn(-c5ccc(C)cc5)c4C(F)(F)F)cc3F)n2)c1. The van der Waals surface area contributed by atoms with E-state index in [0.717, 1.165) is 17.8 Å². The van der Waals surface area contributed by atoms with Gasteiger partial charge in [-0.05, 0) is 56.4 Å². The zero-order valence-electron chi connectivity index (χ0n) is 25.5. The molecule has 15 heteroatoms. The topological polar surface area (TPSA) is 135 Å². The van der Waals surface area contributed by atoms with Gasteiger partial charge in [0.25, 0.3) is 5.91 Å². The third-order valence-corrected chi connectivity index (χ3v) is 6.57. The maximum Gasteiger partial charge on any atom is 0.434 e. The summed E-state index contributed by atoms with van der Waals surface area (Å²) < 4.78 is 63.4. The van der Waals surface area contributed by atoms with Gasteiger partial charge in [0, 0.05) is 48.0 Å². The van der Waals surface area contributed by atoms with Crippen molar-refractivity contribution in [1.82, 2.24) is 25.1 Å². The van der Waals surface area contributed by atoms with E-state index in [4.69, 9.17) is 4.74 Å². The Hall–Kier alpha value is -6.09. The Labute approximate surface area is 271 Å². The minimum atomic E-state index is -4.91. The molecule has 0 saturated heterocycles. The Morgan fingerprint density at radius 2 is 1.71 bits per heavy atom. The van der Waals surface area contributed by atoms with Gasteiger partial charge in [-0.2, -0.15) is 23.3 Å². The first kappa shape index (κ1) is 33.3. The number of amides is 2. The van der Waals surface area contributed by atoms with Crippen molar-refractivity contribution in [2.24, 2.45) is 0 Å². The molecular formula is C33H28F4N8O3. The number of nitrogens with one attached hydrogen (secondary N) is 4. The number of anilines is 4. The Balaban J connectivity index is 1.26. The maximum atomic E-state index is 15.0. The number of aryl methyl sites for hydroxylation is 1. The fourth-order valence-electron chi connectivity index (χ4n) is 4.37. The molecule has 2 amide bonds. The molecule has 246 valence electrons. The summed E-state index contributed by atoms with van der Waals surface area (Å²) in [7, 11) is 1.76. The first-order valence-corrected chi connectivity index (χ1v) is 14.3. The smallest absolute Gasteiger partial charge is 0.434 e. The minimum Gasteiger partial charge on any atom is -0.436 e. The Kier molecular flexibility index (Phi) is 10.1. The van der Waals surface area contributed by atoms with E-state index in [9.17, 15) is 22.8 Å². The summed E-state index contributed by atoms with van der Waals surface area (Å²) in [5.41, 5.74) is -0.0965. The summed E-state index contributed by atoms with van der Waals surface area (Å²) in [6.45, 7) is 2.33. The summed E-state index contributed by atoms with van der Waals surface area (Å²) in [6, 6.07) is 17.7. The molecule has 2 aromatic heterocycles. The van der Waals surface area contributed by atoms with Gasteiger partial charge in [0.05, 0.1) is 17.4 Å². The second-order valence-corrected chi connectivity index (χ2v) is 10.2. The summed E-state index contributed by atoms with van der Waals surface area (Å²) in [5.74, 6) is -2.53. The average Bonchev–Trinajstić information content (AvgIpc) is 3.50. The van der Waals surface area contributed by atoms with Crippen LogP contribution in [-0.4, -0.2) is 45.2 Å². The Morgan fingerprint density at radius 3 is 2.44 bits per heavy atom. The highest BCUT2D eigenvalue weighted by Gasteiger charge is 2.40. The molecule has 0 aliphatic heterocycles. The number of rotatable bonds is 11. The Bertz CT molecular complexity index is 1960. The van der Waals surface area contributed by atoms with Crippen molar-refractivity contribution in [2.75, 3.05) is 29.5 Å². The highest BCUT2D eigenvalue weighted by atomic mass is 19.4. The number of nitrogens with zero attached hydrogens (tertiary/aromatic N) is 4. The number of alkyl halides is 3. The fourth-order valence-corrected chi connectivity index (χ4v) is 4.37. The van der Waals surface area contributed by atoms with Crippen LogP contribution >= 0.6 is 0 Å². The molecule has 0 spiro atoms. The standard InChI is InChI=1S/C33H28F4N8O3/c1-20-8-11-24(12-9-20)45-30(33(35,36)37)25(19-40-45)31(47)42-23-10-13-27(26(34)18-23)48-29-14-16-39-32(44-29)43-22-6-3-5-21(17-22)41-28(46)7-4-15-38-2/h3-14,16-19,38H,15H2,1-2H3,(H,41,46)(H,42,47)(H,39,43,44)/b7-4+. The third kappa shape index (κ3) is 8.38. The van der Waals surface area contributed by atoms with Crippen LogP contribution in [0, 0.1) is 12.7 Å². The summed E-state index contributed by atoms with van der Waals surface area (Å²) in [6.07, 6.45) is 0.365. The molecule has 0 saturated carbocycles. The highest BCUT2D eigenvalue weighted by molar-refractivity contribution is 6.05. The maximum absolute atomic E-state index is 15.0. The van der Waals surface area contributed by atoms with E-state index in [2.05, 4.69) is 36.3 Å². The molecule has 0 bridgehead atoms. The van der Waals surface area contributed by atoms with Gasteiger partial charge in [-0.3, -0.25) is 9.59 Å². The van der Waals surface area contributed by atoms with E-state index in [1.807, 2.05) is 0 Å². The van der Waals surface area contributed by atoms with Crippen molar-refractivity contribution in [3.05, 3.63) is 120 Å². The molecule has 2 heterocycles. The van der Waals surface area contributed by atoms with Crippen molar-refractivity contribution >= 4 is 34.8 Å². The lowest BCUT2D eigenvalue weighted by molar-refractivity contribution is -0.143. The van der Waals surface area contributed by atoms with E-state index in [0.29, 0.717) is 22.6 Å². The average molecular weight is 661 g/mol. The van der Waals surface area contributed by atoms with Crippen LogP contribution in [0.15, 0.2) is 97.3 Å². The zero-order chi connectivity index (χ0) is 34.3. The van der Waals surface area contributed by atoms with Crippen molar-refractivity contribution in [3.63, 3.8) is 0 Å². The minimum absolute atomic E-state index is 0.0272. The van der Waals surface area contributed by atoms with Crippen LogP contribution in [0.1, 0.15) is 21.6 Å². The van der Waals surface area contributed by atoms with Gasteiger partial charge in [-0.15, -0.1) is 0 Å². The van der Waals surface area contributed by atoms with Crippen LogP contribution < -0.4 is 26.0 Å². The van der Waals surface area contributed by atoms with E-state index < -0.39 is 29.2 Å². The number of ether oxygens (including phenoxy) is 1. The second-order valence-electron chi connectivity index (χ2n) is 10.2. The summed E-state index contributed by atoms with van der Waals surface area (Å²) in [5, 5.41) is 14.7. The molecular weight excluding hydrogens is 632 g/mol. The van der Waals surface area contributed by atoms with Crippen LogP contribution in [0.4, 0.5) is 40.6 Å². The molecule has 11 nitrogen and oxygen atoms in total. The van der Waals surface area contributed by atoms with Gasteiger partial charge >= 0.3 is 6.18 Å². The fraction of sp³-hybridized carbons (Fsp3) is 0.121. The van der Waals surface area contributed by atoms with Crippen molar-refractivity contribution in [2.45, 2.75) is 13.1 Å². The first-order chi connectivity index (χ1) is 23.0. The van der Waals surface area contributed by atoms with Crippen molar-refractivity contribution in [3.8, 4) is 17.3 Å². The van der Waals surface area contributed by atoms with Crippen molar-refractivity contribution < 1.29 is 31.9 Å². The zero-order valence-corrected chi connectivity index (χ0v) is 25.5. The van der Waals surface area contributed by atoms with Gasteiger partial charge in [-0.1, -0.05) is 29.8 Å². The van der Waals surface area contributed by atoms with Crippen LogP contribution in [0.2, 0.25) is 0 Å². The normalized spacial score (nSPS) is 11.4. The summed E-state index contributed by atoms with van der Waals surface area (Å²) >= 11 is 0. The molecule has 5 rings (SSSR count). The molecule has 0 aliphatic rings. The van der Waals surface area contributed by atoms with Crippen molar-refractivity contribution in [1.29, 1.82) is 0 Å². The van der Waals surface area contributed by atoms with Crippen LogP contribution in [0.5, 0.6) is 11.6 Å². The van der Waals surface area contributed by atoms with E-state index in [1.165, 1.54) is 42.6 Å². The number of benzene rings is 3. The number of carbonyl (C=O) groups is 2.